The van der Waals surface area contributed by atoms with E-state index in [2.05, 4.69) is 0 Å². The highest BCUT2D eigenvalue weighted by Crippen LogP contribution is 2.27. The molecular weight excluding hydrogens is 515 g/mol. The third-order valence-electron chi connectivity index (χ3n) is 6.05. The molecule has 1 amide bonds. The van der Waals surface area contributed by atoms with Crippen molar-refractivity contribution in [2.45, 2.75) is 19.4 Å². The summed E-state index contributed by atoms with van der Waals surface area (Å²) in [6, 6.07) is 19.6. The van der Waals surface area contributed by atoms with Crippen LogP contribution < -0.4 is 5.73 Å². The monoisotopic (exact) mass is 538 g/mol. The van der Waals surface area contributed by atoms with Crippen LogP contribution in [0.5, 0.6) is 0 Å². The summed E-state index contributed by atoms with van der Waals surface area (Å²) >= 11 is 18.5. The van der Waals surface area contributed by atoms with Gasteiger partial charge in [-0.1, -0.05) is 83.3 Å². The summed E-state index contributed by atoms with van der Waals surface area (Å²) in [7, 11) is 0. The van der Waals surface area contributed by atoms with E-state index in [9.17, 15) is 9.59 Å². The maximum absolute atomic E-state index is 13.5. The molecule has 0 aromatic heterocycles. The Morgan fingerprint density at radius 2 is 1.47 bits per heavy atom. The van der Waals surface area contributed by atoms with Gasteiger partial charge in [0.05, 0.1) is 16.1 Å². The molecule has 0 saturated carbocycles. The van der Waals surface area contributed by atoms with E-state index >= 15 is 0 Å². The number of ketones is 1. The lowest BCUT2D eigenvalue weighted by Crippen LogP contribution is -2.49. The number of hydrogen-bond acceptors (Lipinski definition) is 3. The van der Waals surface area contributed by atoms with Gasteiger partial charge in [-0.05, 0) is 65.9 Å². The number of rotatable bonds is 5. The first-order chi connectivity index (χ1) is 17.2. The molecule has 1 aliphatic rings. The second-order valence-electron chi connectivity index (χ2n) is 8.84. The zero-order valence-corrected chi connectivity index (χ0v) is 21.9. The second kappa shape index (κ2) is 11.4. The fourth-order valence-corrected chi connectivity index (χ4v) is 4.58. The van der Waals surface area contributed by atoms with Crippen LogP contribution >= 0.6 is 34.8 Å². The van der Waals surface area contributed by atoms with Gasteiger partial charge in [0.1, 0.15) is 0 Å². The van der Waals surface area contributed by atoms with Crippen LogP contribution in [0, 0.1) is 6.92 Å². The van der Waals surface area contributed by atoms with E-state index in [1.54, 1.807) is 41.3 Å². The van der Waals surface area contributed by atoms with Crippen LogP contribution in [0.25, 0.3) is 12.2 Å². The molecule has 3 aromatic rings. The first-order valence-electron chi connectivity index (χ1n) is 11.5. The predicted octanol–water partition coefficient (Wildman–Crippen LogP) is 6.40. The van der Waals surface area contributed by atoms with E-state index in [0.29, 0.717) is 38.2 Å². The molecule has 1 unspecified atom stereocenters. The number of nitrogens with two attached hydrogens (primary N) is 1. The summed E-state index contributed by atoms with van der Waals surface area (Å²) in [6.07, 6.45) is 3.92. The summed E-state index contributed by atoms with van der Waals surface area (Å²) in [5, 5.41) is 1.42. The van der Waals surface area contributed by atoms with Gasteiger partial charge in [0, 0.05) is 29.3 Å². The molecule has 0 bridgehead atoms. The SMILES string of the molecule is Cc1ccc(/C=C2\CN(C(=O)C(N)Cc3ccccc3)C/C(=C\c3ccc(Cl)c(Cl)c3)C2=O)cc1Cl. The molecule has 0 aliphatic carbocycles. The Hall–Kier alpha value is -2.89. The zero-order chi connectivity index (χ0) is 25.8. The molecule has 36 heavy (non-hydrogen) atoms. The zero-order valence-electron chi connectivity index (χ0n) is 19.7. The van der Waals surface area contributed by atoms with E-state index in [1.165, 1.54) is 0 Å². The van der Waals surface area contributed by atoms with Gasteiger partial charge in [-0.3, -0.25) is 9.59 Å². The lowest BCUT2D eigenvalue weighted by molar-refractivity contribution is -0.132. The number of aryl methyl sites for hydroxylation is 1. The van der Waals surface area contributed by atoms with Gasteiger partial charge < -0.3 is 10.6 Å². The van der Waals surface area contributed by atoms with Crippen molar-refractivity contribution in [3.63, 3.8) is 0 Å². The molecule has 4 nitrogen and oxygen atoms in total. The summed E-state index contributed by atoms with van der Waals surface area (Å²) in [4.78, 5) is 28.5. The van der Waals surface area contributed by atoms with Crippen molar-refractivity contribution in [1.82, 2.24) is 4.90 Å². The van der Waals surface area contributed by atoms with Gasteiger partial charge in [0.25, 0.3) is 0 Å². The second-order valence-corrected chi connectivity index (χ2v) is 10.1. The molecule has 3 aromatic carbocycles. The highest BCUT2D eigenvalue weighted by atomic mass is 35.5. The summed E-state index contributed by atoms with van der Waals surface area (Å²) < 4.78 is 0. The van der Waals surface area contributed by atoms with Gasteiger partial charge in [-0.2, -0.15) is 0 Å². The molecule has 1 heterocycles. The van der Waals surface area contributed by atoms with Gasteiger partial charge in [-0.15, -0.1) is 0 Å². The lowest BCUT2D eigenvalue weighted by atomic mass is 9.93. The minimum Gasteiger partial charge on any atom is -0.332 e. The van der Waals surface area contributed by atoms with Crippen molar-refractivity contribution >= 4 is 58.6 Å². The third-order valence-corrected chi connectivity index (χ3v) is 7.20. The minimum absolute atomic E-state index is 0.140. The van der Waals surface area contributed by atoms with Crippen molar-refractivity contribution in [2.75, 3.05) is 13.1 Å². The van der Waals surface area contributed by atoms with E-state index < -0.39 is 6.04 Å². The number of amides is 1. The van der Waals surface area contributed by atoms with Gasteiger partial charge in [-0.25, -0.2) is 0 Å². The highest BCUT2D eigenvalue weighted by Gasteiger charge is 2.31. The average Bonchev–Trinajstić information content (AvgIpc) is 2.86. The highest BCUT2D eigenvalue weighted by molar-refractivity contribution is 6.42. The number of nitrogens with zero attached hydrogens (tertiary/aromatic N) is 1. The number of likely N-dealkylation sites (tertiary alicyclic amines) is 1. The minimum atomic E-state index is -0.734. The molecule has 2 N–H and O–H groups in total. The fraction of sp³-hybridized carbons (Fsp3) is 0.172. The Balaban J connectivity index is 1.68. The van der Waals surface area contributed by atoms with Crippen LogP contribution in [-0.4, -0.2) is 35.7 Å². The standard InChI is InChI=1S/C29H25Cl3N2O2/c1-18-7-8-20(13-25(18)31)11-22-16-34(29(36)27(33)15-19-5-3-2-4-6-19)17-23(28(22)35)12-21-9-10-24(30)26(32)14-21/h2-14,27H,15-17,33H2,1H3/b22-11+,23-12+. The number of benzene rings is 3. The smallest absolute Gasteiger partial charge is 0.240 e. The number of carbonyl (C=O) groups excluding carboxylic acids is 2. The number of Topliss-reactive ketones (excluding diaryl/α,β-unsaturated/α-hetero) is 1. The van der Waals surface area contributed by atoms with Crippen molar-refractivity contribution in [1.29, 1.82) is 0 Å². The molecule has 1 saturated heterocycles. The first kappa shape index (κ1) is 26.2. The van der Waals surface area contributed by atoms with Crippen LogP contribution in [0.2, 0.25) is 15.1 Å². The van der Waals surface area contributed by atoms with Crippen molar-refractivity contribution in [3.8, 4) is 0 Å². The fourth-order valence-electron chi connectivity index (χ4n) is 4.09. The Labute approximate surface area is 226 Å². The normalized spacial score (nSPS) is 17.0. The summed E-state index contributed by atoms with van der Waals surface area (Å²) in [5.74, 6) is -0.363. The summed E-state index contributed by atoms with van der Waals surface area (Å²) in [5.41, 5.74) is 10.7. The number of piperidine rings is 1. The van der Waals surface area contributed by atoms with Gasteiger partial charge >= 0.3 is 0 Å². The Kier molecular flexibility index (Phi) is 8.32. The molecule has 1 aliphatic heterocycles. The predicted molar refractivity (Wildman–Crippen MR) is 148 cm³/mol. The van der Waals surface area contributed by atoms with E-state index in [4.69, 9.17) is 40.5 Å². The summed E-state index contributed by atoms with van der Waals surface area (Å²) in [6.45, 7) is 2.22. The topological polar surface area (TPSA) is 63.4 Å². The number of halogens is 3. The Morgan fingerprint density at radius 1 is 0.889 bits per heavy atom. The van der Waals surface area contributed by atoms with Crippen LogP contribution in [0.4, 0.5) is 0 Å². The molecule has 0 radical (unpaired) electrons. The maximum Gasteiger partial charge on any atom is 0.240 e. The van der Waals surface area contributed by atoms with Crippen molar-refractivity contribution in [3.05, 3.63) is 115 Å². The molecule has 184 valence electrons. The molecule has 7 heteroatoms. The Bertz CT molecular complexity index is 1290. The quantitative estimate of drug-likeness (QED) is 0.381. The molecule has 4 rings (SSSR count). The Morgan fingerprint density at radius 3 is 2.06 bits per heavy atom. The first-order valence-corrected chi connectivity index (χ1v) is 12.6. The molecular formula is C29H25Cl3N2O2. The van der Waals surface area contributed by atoms with Crippen molar-refractivity contribution in [2.24, 2.45) is 5.73 Å². The maximum atomic E-state index is 13.5. The van der Waals surface area contributed by atoms with Crippen molar-refractivity contribution < 1.29 is 9.59 Å². The van der Waals surface area contributed by atoms with Gasteiger partial charge in [0.15, 0.2) is 5.78 Å². The molecule has 1 atom stereocenters. The van der Waals surface area contributed by atoms with Crippen LogP contribution in [0.15, 0.2) is 77.9 Å². The molecule has 0 spiro atoms. The van der Waals surface area contributed by atoms with E-state index in [0.717, 1.165) is 16.7 Å². The molecule has 1 fully saturated rings. The number of hydrogen-bond donors (Lipinski definition) is 1. The average molecular weight is 540 g/mol. The van der Waals surface area contributed by atoms with Crippen LogP contribution in [0.1, 0.15) is 22.3 Å². The van der Waals surface area contributed by atoms with Crippen LogP contribution in [0.3, 0.4) is 0 Å². The largest absolute Gasteiger partial charge is 0.332 e. The van der Waals surface area contributed by atoms with E-state index in [-0.39, 0.29) is 24.8 Å². The lowest BCUT2D eigenvalue weighted by Gasteiger charge is -2.32. The number of carbonyl (C=O) groups is 2. The third kappa shape index (κ3) is 6.26. The van der Waals surface area contributed by atoms with Crippen LogP contribution in [-0.2, 0) is 16.0 Å². The van der Waals surface area contributed by atoms with Gasteiger partial charge in [0.2, 0.25) is 5.91 Å². The van der Waals surface area contributed by atoms with E-state index in [1.807, 2.05) is 49.4 Å².